The fourth-order valence-electron chi connectivity index (χ4n) is 3.68. The lowest BCUT2D eigenvalue weighted by Crippen LogP contribution is -2.44. The van der Waals surface area contributed by atoms with Crippen LogP contribution in [0.25, 0.3) is 0 Å². The molecule has 1 aromatic rings. The number of rotatable bonds is 5. The summed E-state index contributed by atoms with van der Waals surface area (Å²) in [6.45, 7) is 3.78. The molecule has 0 spiro atoms. The van der Waals surface area contributed by atoms with Crippen LogP contribution in [0.2, 0.25) is 0 Å². The predicted octanol–water partition coefficient (Wildman–Crippen LogP) is 0.944. The van der Waals surface area contributed by atoms with Crippen LogP contribution in [-0.4, -0.2) is 51.9 Å². The van der Waals surface area contributed by atoms with Crippen LogP contribution in [0, 0.1) is 23.2 Å². The molecule has 24 heavy (non-hydrogen) atoms. The topological polar surface area (TPSA) is 82.4 Å². The van der Waals surface area contributed by atoms with E-state index < -0.39 is 10.0 Å². The van der Waals surface area contributed by atoms with E-state index in [1.807, 2.05) is 24.3 Å². The van der Waals surface area contributed by atoms with Crippen molar-refractivity contribution in [2.45, 2.75) is 19.1 Å². The second-order valence-electron chi connectivity index (χ2n) is 6.75. The number of hydrogen-bond acceptors (Lipinski definition) is 5. The molecule has 2 aliphatic rings. The van der Waals surface area contributed by atoms with Gasteiger partial charge in [-0.25, -0.2) is 13.1 Å². The molecular formula is C17H23N3O3S. The van der Waals surface area contributed by atoms with Gasteiger partial charge in [0.2, 0.25) is 10.0 Å². The van der Waals surface area contributed by atoms with E-state index in [-0.39, 0.29) is 6.10 Å². The van der Waals surface area contributed by atoms with Crippen LogP contribution in [0.3, 0.4) is 0 Å². The number of likely N-dealkylation sites (tertiary alicyclic amines) is 1. The van der Waals surface area contributed by atoms with Gasteiger partial charge in [-0.1, -0.05) is 12.1 Å². The molecule has 2 heterocycles. The van der Waals surface area contributed by atoms with Gasteiger partial charge in [-0.2, -0.15) is 5.26 Å². The Bertz CT molecular complexity index is 729. The summed E-state index contributed by atoms with van der Waals surface area (Å²) in [4.78, 5) is 2.37. The first-order valence-electron chi connectivity index (χ1n) is 8.22. The highest BCUT2D eigenvalue weighted by molar-refractivity contribution is 7.88. The minimum Gasteiger partial charge on any atom is -0.376 e. The summed E-state index contributed by atoms with van der Waals surface area (Å²) in [5.74, 6) is 0.866. The van der Waals surface area contributed by atoms with E-state index in [1.54, 1.807) is 0 Å². The van der Waals surface area contributed by atoms with Crippen molar-refractivity contribution >= 4 is 10.0 Å². The van der Waals surface area contributed by atoms with Crippen LogP contribution in [0.15, 0.2) is 24.3 Å². The molecule has 0 radical (unpaired) electrons. The molecule has 0 aromatic heterocycles. The standard InChI is InChI=1S/C17H23N3O3S/c1-24(21,22)19-9-17-16-11-20(6-5-15(16)12-23-17)10-14-4-2-3-13(7-14)8-18/h2-4,7,15-17,19H,5-6,9-12H2,1H3/t15-,16-,17+/m1/s1. The number of nitrogens with one attached hydrogen (secondary N) is 1. The van der Waals surface area contributed by atoms with Gasteiger partial charge in [0.1, 0.15) is 0 Å². The van der Waals surface area contributed by atoms with Gasteiger partial charge < -0.3 is 4.74 Å². The van der Waals surface area contributed by atoms with E-state index in [9.17, 15) is 8.42 Å². The van der Waals surface area contributed by atoms with Crippen molar-refractivity contribution in [1.29, 1.82) is 5.26 Å². The average molecular weight is 349 g/mol. The highest BCUT2D eigenvalue weighted by atomic mass is 32.2. The third-order valence-electron chi connectivity index (χ3n) is 4.90. The van der Waals surface area contributed by atoms with Gasteiger partial charge in [0.05, 0.1) is 30.6 Å². The second kappa shape index (κ2) is 7.19. The first kappa shape index (κ1) is 17.4. The Kier molecular flexibility index (Phi) is 5.21. The predicted molar refractivity (Wildman–Crippen MR) is 90.6 cm³/mol. The first-order valence-corrected chi connectivity index (χ1v) is 10.1. The van der Waals surface area contributed by atoms with Gasteiger partial charge in [0, 0.05) is 25.6 Å². The summed E-state index contributed by atoms with van der Waals surface area (Å²) in [6, 6.07) is 9.88. The lowest BCUT2D eigenvalue weighted by atomic mass is 9.84. The SMILES string of the molecule is CS(=O)(=O)NC[C@@H]1OC[C@H]2CCN(Cc3cccc(C#N)c3)C[C@H]21. The van der Waals surface area contributed by atoms with Crippen molar-refractivity contribution in [3.05, 3.63) is 35.4 Å². The third-order valence-corrected chi connectivity index (χ3v) is 5.59. The van der Waals surface area contributed by atoms with Crippen LogP contribution in [-0.2, 0) is 21.3 Å². The van der Waals surface area contributed by atoms with Gasteiger partial charge >= 0.3 is 0 Å². The van der Waals surface area contributed by atoms with E-state index >= 15 is 0 Å². The Morgan fingerprint density at radius 1 is 1.46 bits per heavy atom. The van der Waals surface area contributed by atoms with E-state index in [0.717, 1.165) is 38.2 Å². The van der Waals surface area contributed by atoms with Crippen molar-refractivity contribution in [3.63, 3.8) is 0 Å². The van der Waals surface area contributed by atoms with E-state index in [2.05, 4.69) is 15.7 Å². The molecule has 2 fully saturated rings. The molecule has 130 valence electrons. The summed E-state index contributed by atoms with van der Waals surface area (Å²) < 4.78 is 31.0. The molecule has 7 heteroatoms. The van der Waals surface area contributed by atoms with Gasteiger partial charge in [0.15, 0.2) is 0 Å². The molecule has 0 amide bonds. The van der Waals surface area contributed by atoms with E-state index in [0.29, 0.717) is 23.9 Å². The zero-order chi connectivity index (χ0) is 17.2. The third kappa shape index (κ3) is 4.33. The minimum absolute atomic E-state index is 0.0574. The summed E-state index contributed by atoms with van der Waals surface area (Å²) >= 11 is 0. The molecule has 6 nitrogen and oxygen atoms in total. The number of ether oxygens (including phenoxy) is 1. The van der Waals surface area contributed by atoms with E-state index in [4.69, 9.17) is 10.00 Å². The molecular weight excluding hydrogens is 326 g/mol. The Hall–Kier alpha value is -1.46. The molecule has 1 N–H and O–H groups in total. The quantitative estimate of drug-likeness (QED) is 0.856. The zero-order valence-electron chi connectivity index (χ0n) is 13.8. The Balaban J connectivity index is 1.61. The van der Waals surface area contributed by atoms with Gasteiger partial charge in [-0.05, 0) is 36.6 Å². The minimum atomic E-state index is -3.19. The van der Waals surface area contributed by atoms with Crippen LogP contribution < -0.4 is 4.72 Å². The molecule has 0 unspecified atom stereocenters. The number of piperidine rings is 1. The van der Waals surface area contributed by atoms with Gasteiger partial charge in [-0.15, -0.1) is 0 Å². The normalized spacial score (nSPS) is 27.6. The average Bonchev–Trinajstić information content (AvgIpc) is 2.95. The largest absolute Gasteiger partial charge is 0.376 e. The van der Waals surface area contributed by atoms with Crippen molar-refractivity contribution in [3.8, 4) is 6.07 Å². The lowest BCUT2D eigenvalue weighted by Gasteiger charge is -2.36. The number of sulfonamides is 1. The second-order valence-corrected chi connectivity index (χ2v) is 8.59. The number of nitrogens with zero attached hydrogens (tertiary/aromatic N) is 2. The van der Waals surface area contributed by atoms with Crippen LogP contribution in [0.5, 0.6) is 0 Å². The van der Waals surface area contributed by atoms with E-state index in [1.165, 1.54) is 6.26 Å². The van der Waals surface area contributed by atoms with Crippen LogP contribution in [0.4, 0.5) is 0 Å². The van der Waals surface area contributed by atoms with Gasteiger partial charge in [-0.3, -0.25) is 4.90 Å². The monoisotopic (exact) mass is 349 g/mol. The molecule has 2 aliphatic heterocycles. The molecule has 0 saturated carbocycles. The van der Waals surface area contributed by atoms with Crippen molar-refractivity contribution in [2.75, 3.05) is 32.5 Å². The smallest absolute Gasteiger partial charge is 0.208 e. The highest BCUT2D eigenvalue weighted by Gasteiger charge is 2.40. The maximum Gasteiger partial charge on any atom is 0.208 e. The highest BCUT2D eigenvalue weighted by Crippen LogP contribution is 2.34. The van der Waals surface area contributed by atoms with Crippen molar-refractivity contribution in [2.24, 2.45) is 11.8 Å². The number of fused-ring (bicyclic) bond motifs is 1. The molecule has 3 rings (SSSR count). The van der Waals surface area contributed by atoms with Gasteiger partial charge in [0.25, 0.3) is 0 Å². The summed E-state index contributed by atoms with van der Waals surface area (Å²) in [6.07, 6.45) is 2.19. The Morgan fingerprint density at radius 3 is 3.04 bits per heavy atom. The van der Waals surface area contributed by atoms with Crippen molar-refractivity contribution in [1.82, 2.24) is 9.62 Å². The Labute approximate surface area is 143 Å². The Morgan fingerprint density at radius 2 is 2.29 bits per heavy atom. The molecule has 3 atom stereocenters. The summed E-state index contributed by atoms with van der Waals surface area (Å²) in [7, 11) is -3.19. The molecule has 0 aliphatic carbocycles. The number of hydrogen-bond donors (Lipinski definition) is 1. The van der Waals surface area contributed by atoms with Crippen LogP contribution >= 0.6 is 0 Å². The summed E-state index contributed by atoms with van der Waals surface area (Å²) in [5.41, 5.74) is 1.82. The zero-order valence-corrected chi connectivity index (χ0v) is 14.6. The molecule has 1 aromatic carbocycles. The number of benzene rings is 1. The lowest BCUT2D eigenvalue weighted by molar-refractivity contribution is 0.0776. The van der Waals surface area contributed by atoms with Crippen LogP contribution in [0.1, 0.15) is 17.5 Å². The maximum atomic E-state index is 11.3. The summed E-state index contributed by atoms with van der Waals surface area (Å²) in [5, 5.41) is 9.01. The fourth-order valence-corrected chi connectivity index (χ4v) is 4.15. The van der Waals surface area contributed by atoms with Crippen molar-refractivity contribution < 1.29 is 13.2 Å². The molecule has 0 bridgehead atoms. The maximum absolute atomic E-state index is 11.3. The first-order chi connectivity index (χ1) is 11.4. The molecule has 2 saturated heterocycles. The number of nitriles is 1. The fraction of sp³-hybridized carbons (Fsp3) is 0.588.